The van der Waals surface area contributed by atoms with Crippen molar-refractivity contribution in [3.63, 3.8) is 0 Å². The minimum atomic E-state index is 0.0196. The lowest BCUT2D eigenvalue weighted by molar-refractivity contribution is 0.541. The van der Waals surface area contributed by atoms with Crippen molar-refractivity contribution in [3.05, 3.63) is 36.7 Å². The zero-order chi connectivity index (χ0) is 11.8. The molecule has 0 saturated carbocycles. The van der Waals surface area contributed by atoms with Crippen LogP contribution in [0.5, 0.6) is 0 Å². The molecule has 2 heterocycles. The van der Waals surface area contributed by atoms with Gasteiger partial charge in [0.1, 0.15) is 24.5 Å². The number of nitrogens with one attached hydrogen (secondary N) is 1. The van der Waals surface area contributed by atoms with Crippen molar-refractivity contribution in [2.75, 3.05) is 5.73 Å². The van der Waals surface area contributed by atoms with Crippen LogP contribution in [0, 0.1) is 0 Å². The average molecular weight is 228 g/mol. The van der Waals surface area contributed by atoms with Crippen LogP contribution in [0.2, 0.25) is 0 Å². The maximum absolute atomic E-state index is 5.73. The molecule has 3 N–H and O–H groups in total. The third-order valence-electron chi connectivity index (χ3n) is 2.75. The Kier molecular flexibility index (Phi) is 2.07. The molecule has 17 heavy (non-hydrogen) atoms. The number of aromatic amines is 1. The fourth-order valence-corrected chi connectivity index (χ4v) is 1.79. The SMILES string of the molecule is CC(c1nc2ccc(N)cc2[nH]1)n1cncn1. The summed E-state index contributed by atoms with van der Waals surface area (Å²) in [7, 11) is 0. The number of rotatable bonds is 2. The van der Waals surface area contributed by atoms with Crippen LogP contribution in [0.3, 0.4) is 0 Å². The summed E-state index contributed by atoms with van der Waals surface area (Å²) in [5.41, 5.74) is 8.29. The van der Waals surface area contributed by atoms with Gasteiger partial charge in [0, 0.05) is 5.69 Å². The molecule has 1 aromatic carbocycles. The molecule has 0 spiro atoms. The fraction of sp³-hybridized carbons (Fsp3) is 0.182. The van der Waals surface area contributed by atoms with Crippen molar-refractivity contribution in [3.8, 4) is 0 Å². The number of anilines is 1. The molecule has 0 fully saturated rings. The second-order valence-electron chi connectivity index (χ2n) is 3.95. The van der Waals surface area contributed by atoms with E-state index in [1.54, 1.807) is 11.0 Å². The van der Waals surface area contributed by atoms with Gasteiger partial charge in [0.2, 0.25) is 0 Å². The summed E-state index contributed by atoms with van der Waals surface area (Å²) in [6.45, 7) is 2.01. The second kappa shape index (κ2) is 3.58. The highest BCUT2D eigenvalue weighted by molar-refractivity contribution is 5.78. The van der Waals surface area contributed by atoms with Gasteiger partial charge in [-0.3, -0.25) is 0 Å². The van der Waals surface area contributed by atoms with Crippen LogP contribution < -0.4 is 5.73 Å². The lowest BCUT2D eigenvalue weighted by atomic mass is 10.3. The van der Waals surface area contributed by atoms with E-state index in [4.69, 9.17) is 5.73 Å². The first kappa shape index (κ1) is 9.83. The minimum absolute atomic E-state index is 0.0196. The van der Waals surface area contributed by atoms with Gasteiger partial charge in [-0.15, -0.1) is 0 Å². The van der Waals surface area contributed by atoms with E-state index in [0.29, 0.717) is 0 Å². The van der Waals surface area contributed by atoms with Crippen molar-refractivity contribution < 1.29 is 0 Å². The number of imidazole rings is 1. The van der Waals surface area contributed by atoms with E-state index in [2.05, 4.69) is 20.1 Å². The van der Waals surface area contributed by atoms with Crippen molar-refractivity contribution in [1.82, 2.24) is 24.7 Å². The van der Waals surface area contributed by atoms with Gasteiger partial charge in [0.15, 0.2) is 0 Å². The minimum Gasteiger partial charge on any atom is -0.399 e. The number of hydrogen-bond acceptors (Lipinski definition) is 4. The molecule has 0 bridgehead atoms. The summed E-state index contributed by atoms with van der Waals surface area (Å²) >= 11 is 0. The molecule has 3 rings (SSSR count). The van der Waals surface area contributed by atoms with Gasteiger partial charge in [0.25, 0.3) is 0 Å². The molecule has 0 radical (unpaired) electrons. The average Bonchev–Trinajstić information content (AvgIpc) is 2.96. The van der Waals surface area contributed by atoms with E-state index in [1.807, 2.05) is 25.1 Å². The molecule has 6 heteroatoms. The van der Waals surface area contributed by atoms with Crippen molar-refractivity contribution in [2.24, 2.45) is 0 Å². The van der Waals surface area contributed by atoms with E-state index >= 15 is 0 Å². The Labute approximate surface area is 97.5 Å². The smallest absolute Gasteiger partial charge is 0.137 e. The predicted molar refractivity (Wildman–Crippen MR) is 64.3 cm³/mol. The Hall–Kier alpha value is -2.37. The lowest BCUT2D eigenvalue weighted by Gasteiger charge is -2.06. The molecule has 0 aliphatic carbocycles. The van der Waals surface area contributed by atoms with Crippen molar-refractivity contribution >= 4 is 16.7 Å². The molecule has 2 aromatic heterocycles. The molecule has 0 aliphatic rings. The largest absolute Gasteiger partial charge is 0.399 e. The highest BCUT2D eigenvalue weighted by Gasteiger charge is 2.12. The molecular weight excluding hydrogens is 216 g/mol. The zero-order valence-corrected chi connectivity index (χ0v) is 9.33. The van der Waals surface area contributed by atoms with Crippen LogP contribution in [0.15, 0.2) is 30.9 Å². The lowest BCUT2D eigenvalue weighted by Crippen LogP contribution is -2.08. The Morgan fingerprint density at radius 1 is 1.41 bits per heavy atom. The van der Waals surface area contributed by atoms with Crippen LogP contribution in [0.4, 0.5) is 5.69 Å². The van der Waals surface area contributed by atoms with Crippen LogP contribution in [0.1, 0.15) is 18.8 Å². The third kappa shape index (κ3) is 1.63. The second-order valence-corrected chi connectivity index (χ2v) is 3.95. The van der Waals surface area contributed by atoms with Crippen LogP contribution in [0.25, 0.3) is 11.0 Å². The van der Waals surface area contributed by atoms with Gasteiger partial charge in [-0.25, -0.2) is 14.6 Å². The Balaban J connectivity index is 2.06. The van der Waals surface area contributed by atoms with Crippen molar-refractivity contribution in [2.45, 2.75) is 13.0 Å². The van der Waals surface area contributed by atoms with E-state index < -0.39 is 0 Å². The van der Waals surface area contributed by atoms with E-state index in [-0.39, 0.29) is 6.04 Å². The number of nitrogens with two attached hydrogens (primary N) is 1. The monoisotopic (exact) mass is 228 g/mol. The molecule has 1 unspecified atom stereocenters. The molecule has 1 atom stereocenters. The van der Waals surface area contributed by atoms with Gasteiger partial charge >= 0.3 is 0 Å². The summed E-state index contributed by atoms with van der Waals surface area (Å²) in [6, 6.07) is 5.64. The fourth-order valence-electron chi connectivity index (χ4n) is 1.79. The number of nitrogen functional groups attached to an aromatic ring is 1. The first-order valence-electron chi connectivity index (χ1n) is 5.33. The molecule has 86 valence electrons. The molecular formula is C11H12N6. The van der Waals surface area contributed by atoms with Gasteiger partial charge < -0.3 is 10.7 Å². The topological polar surface area (TPSA) is 85.4 Å². The summed E-state index contributed by atoms with van der Waals surface area (Å²) in [5, 5.41) is 4.10. The van der Waals surface area contributed by atoms with Crippen LogP contribution in [-0.2, 0) is 0 Å². The Morgan fingerprint density at radius 2 is 2.29 bits per heavy atom. The van der Waals surface area contributed by atoms with Crippen molar-refractivity contribution in [1.29, 1.82) is 0 Å². The number of H-pyrrole nitrogens is 1. The zero-order valence-electron chi connectivity index (χ0n) is 9.33. The van der Waals surface area contributed by atoms with Crippen LogP contribution >= 0.6 is 0 Å². The molecule has 3 aromatic rings. The summed E-state index contributed by atoms with van der Waals surface area (Å²) in [5.74, 6) is 0.844. The first-order chi connectivity index (χ1) is 8.24. The summed E-state index contributed by atoms with van der Waals surface area (Å²) in [4.78, 5) is 11.7. The third-order valence-corrected chi connectivity index (χ3v) is 2.75. The number of nitrogens with zero attached hydrogens (tertiary/aromatic N) is 4. The number of aromatic nitrogens is 5. The molecule has 0 amide bonds. The standard InChI is InChI=1S/C11H12N6/c1-7(17-6-13-5-14-17)11-15-9-3-2-8(12)4-10(9)16-11/h2-7H,12H2,1H3,(H,15,16). The van der Waals surface area contributed by atoms with Gasteiger partial charge in [-0.05, 0) is 25.1 Å². The number of fused-ring (bicyclic) bond motifs is 1. The number of benzene rings is 1. The summed E-state index contributed by atoms with van der Waals surface area (Å²) < 4.78 is 1.75. The maximum Gasteiger partial charge on any atom is 0.137 e. The highest BCUT2D eigenvalue weighted by Crippen LogP contribution is 2.19. The Morgan fingerprint density at radius 3 is 3.06 bits per heavy atom. The van der Waals surface area contributed by atoms with Gasteiger partial charge in [0.05, 0.1) is 11.0 Å². The molecule has 6 nitrogen and oxygen atoms in total. The normalized spacial score (nSPS) is 13.0. The predicted octanol–water partition coefficient (Wildman–Crippen LogP) is 1.35. The molecule has 0 saturated heterocycles. The summed E-state index contributed by atoms with van der Waals surface area (Å²) in [6.07, 6.45) is 3.18. The van der Waals surface area contributed by atoms with E-state index in [0.717, 1.165) is 22.5 Å². The van der Waals surface area contributed by atoms with E-state index in [1.165, 1.54) is 6.33 Å². The van der Waals surface area contributed by atoms with Gasteiger partial charge in [-0.1, -0.05) is 0 Å². The first-order valence-corrected chi connectivity index (χ1v) is 5.33. The Bertz CT molecular complexity index is 639. The van der Waals surface area contributed by atoms with Gasteiger partial charge in [-0.2, -0.15) is 5.10 Å². The quantitative estimate of drug-likeness (QED) is 0.648. The molecule has 0 aliphatic heterocycles. The van der Waals surface area contributed by atoms with E-state index in [9.17, 15) is 0 Å². The van der Waals surface area contributed by atoms with Crippen LogP contribution in [-0.4, -0.2) is 24.7 Å². The maximum atomic E-state index is 5.73. The number of hydrogen-bond donors (Lipinski definition) is 2. The highest BCUT2D eigenvalue weighted by atomic mass is 15.3.